The molecule has 2 N–H and O–H groups in total. The van der Waals surface area contributed by atoms with Crippen molar-refractivity contribution in [2.24, 2.45) is 0 Å². The van der Waals surface area contributed by atoms with Crippen LogP contribution in [0.3, 0.4) is 0 Å². The fourth-order valence-electron chi connectivity index (χ4n) is 1.72. The van der Waals surface area contributed by atoms with Gasteiger partial charge in [0, 0.05) is 16.7 Å². The number of carbonyl (C=O) groups is 1. The normalized spacial score (nSPS) is 10.3. The quantitative estimate of drug-likeness (QED) is 0.668. The molecule has 1 amide bonds. The number of nitrogens with one attached hydrogen (secondary N) is 2. The highest BCUT2D eigenvalue weighted by molar-refractivity contribution is 6.31. The first-order chi connectivity index (χ1) is 9.52. The summed E-state index contributed by atoms with van der Waals surface area (Å²) in [7, 11) is 0. The predicted octanol–water partition coefficient (Wildman–Crippen LogP) is 2.79. The Bertz CT molecular complexity index is 668. The van der Waals surface area contributed by atoms with Crippen LogP contribution in [0, 0.1) is 10.1 Å². The zero-order valence-corrected chi connectivity index (χ0v) is 11.3. The molecule has 0 atom stereocenters. The fourth-order valence-corrected chi connectivity index (χ4v) is 1.88. The van der Waals surface area contributed by atoms with E-state index in [1.165, 1.54) is 12.1 Å². The van der Waals surface area contributed by atoms with Crippen LogP contribution in [0.4, 0.5) is 11.5 Å². The number of nitro benzene ring substituents is 1. The number of benzene rings is 1. The highest BCUT2D eigenvalue weighted by atomic mass is 35.5. The lowest BCUT2D eigenvalue weighted by Crippen LogP contribution is -2.15. The van der Waals surface area contributed by atoms with Crippen LogP contribution in [-0.2, 0) is 6.42 Å². The van der Waals surface area contributed by atoms with Gasteiger partial charge in [-0.1, -0.05) is 18.5 Å². The molecule has 0 radical (unpaired) electrons. The van der Waals surface area contributed by atoms with Crippen LogP contribution in [0.25, 0.3) is 0 Å². The Labute approximate surface area is 119 Å². The molecule has 2 rings (SSSR count). The molecule has 0 aliphatic heterocycles. The number of rotatable bonds is 4. The minimum Gasteiger partial charge on any atom is -0.306 e. The Hall–Kier alpha value is -2.41. The second-order valence-corrected chi connectivity index (χ2v) is 4.43. The first-order valence-corrected chi connectivity index (χ1v) is 6.18. The van der Waals surface area contributed by atoms with Gasteiger partial charge in [0.1, 0.15) is 11.4 Å². The summed E-state index contributed by atoms with van der Waals surface area (Å²) in [5.41, 5.74) is 0.415. The summed E-state index contributed by atoms with van der Waals surface area (Å²) < 4.78 is 0. The van der Waals surface area contributed by atoms with E-state index in [2.05, 4.69) is 15.5 Å². The van der Waals surface area contributed by atoms with E-state index >= 15 is 0 Å². The van der Waals surface area contributed by atoms with Crippen molar-refractivity contribution >= 4 is 29.0 Å². The van der Waals surface area contributed by atoms with E-state index in [-0.39, 0.29) is 16.3 Å². The van der Waals surface area contributed by atoms with E-state index in [9.17, 15) is 14.9 Å². The SMILES string of the molecule is CCc1cn[nH]c1NC(=O)c1ccc(Cl)cc1[N+](=O)[O-]. The lowest BCUT2D eigenvalue weighted by Gasteiger charge is -2.05. The van der Waals surface area contributed by atoms with Gasteiger partial charge in [-0.2, -0.15) is 5.10 Å². The van der Waals surface area contributed by atoms with Gasteiger partial charge < -0.3 is 5.32 Å². The Kier molecular flexibility index (Phi) is 3.99. The zero-order chi connectivity index (χ0) is 14.7. The lowest BCUT2D eigenvalue weighted by atomic mass is 10.1. The lowest BCUT2D eigenvalue weighted by molar-refractivity contribution is -0.385. The molecule has 0 saturated carbocycles. The summed E-state index contributed by atoms with van der Waals surface area (Å²) in [6.07, 6.45) is 2.26. The average molecular weight is 295 g/mol. The molecular formula is C12H11ClN4O3. The summed E-state index contributed by atoms with van der Waals surface area (Å²) in [5.74, 6) is -0.158. The molecule has 0 spiro atoms. The smallest absolute Gasteiger partial charge is 0.283 e. The number of halogens is 1. The van der Waals surface area contributed by atoms with Crippen molar-refractivity contribution in [1.82, 2.24) is 10.2 Å². The number of aromatic amines is 1. The Morgan fingerprint density at radius 2 is 2.30 bits per heavy atom. The van der Waals surface area contributed by atoms with Crippen molar-refractivity contribution < 1.29 is 9.72 Å². The molecule has 7 nitrogen and oxygen atoms in total. The first-order valence-electron chi connectivity index (χ1n) is 5.80. The molecule has 1 heterocycles. The molecule has 1 aromatic carbocycles. The van der Waals surface area contributed by atoms with Crippen LogP contribution in [0.5, 0.6) is 0 Å². The second kappa shape index (κ2) is 5.70. The molecule has 0 fully saturated rings. The van der Waals surface area contributed by atoms with Gasteiger partial charge in [-0.15, -0.1) is 0 Å². The third-order valence-corrected chi connectivity index (χ3v) is 2.97. The van der Waals surface area contributed by atoms with E-state index in [4.69, 9.17) is 11.6 Å². The minimum atomic E-state index is -0.644. The van der Waals surface area contributed by atoms with Crippen molar-refractivity contribution in [1.29, 1.82) is 0 Å². The third-order valence-electron chi connectivity index (χ3n) is 2.74. The minimum absolute atomic E-state index is 0.0592. The molecule has 0 saturated heterocycles. The standard InChI is InChI=1S/C12H11ClN4O3/c1-2-7-6-14-16-11(7)15-12(18)9-4-3-8(13)5-10(9)17(19)20/h3-6H,2H2,1H3,(H2,14,15,16,18). The highest BCUT2D eigenvalue weighted by Gasteiger charge is 2.21. The first kappa shape index (κ1) is 14.0. The molecule has 0 unspecified atom stereocenters. The summed E-state index contributed by atoms with van der Waals surface area (Å²) in [4.78, 5) is 22.4. The van der Waals surface area contributed by atoms with Crippen molar-refractivity contribution in [2.75, 3.05) is 5.32 Å². The van der Waals surface area contributed by atoms with E-state index in [0.29, 0.717) is 12.2 Å². The van der Waals surface area contributed by atoms with Gasteiger partial charge >= 0.3 is 0 Å². The van der Waals surface area contributed by atoms with Gasteiger partial charge in [0.15, 0.2) is 0 Å². The Balaban J connectivity index is 2.32. The number of H-pyrrole nitrogens is 1. The van der Waals surface area contributed by atoms with Crippen LogP contribution in [0.1, 0.15) is 22.8 Å². The molecule has 2 aromatic rings. The summed E-state index contributed by atoms with van der Waals surface area (Å²) >= 11 is 5.70. The maximum absolute atomic E-state index is 12.1. The number of nitrogens with zero attached hydrogens (tertiary/aromatic N) is 2. The van der Waals surface area contributed by atoms with Gasteiger partial charge in [0.2, 0.25) is 0 Å². The molecule has 20 heavy (non-hydrogen) atoms. The van der Waals surface area contributed by atoms with E-state index < -0.39 is 10.8 Å². The van der Waals surface area contributed by atoms with Crippen LogP contribution in [0.2, 0.25) is 5.02 Å². The number of amides is 1. The van der Waals surface area contributed by atoms with Gasteiger partial charge in [0.25, 0.3) is 11.6 Å². The number of anilines is 1. The summed E-state index contributed by atoms with van der Waals surface area (Å²) in [6.45, 7) is 1.91. The molecule has 0 aliphatic carbocycles. The number of carbonyl (C=O) groups excluding carboxylic acids is 1. The van der Waals surface area contributed by atoms with E-state index in [0.717, 1.165) is 11.6 Å². The molecule has 104 valence electrons. The van der Waals surface area contributed by atoms with Crippen LogP contribution < -0.4 is 5.32 Å². The van der Waals surface area contributed by atoms with Gasteiger partial charge in [-0.25, -0.2) is 0 Å². The van der Waals surface area contributed by atoms with E-state index in [1.807, 2.05) is 6.92 Å². The van der Waals surface area contributed by atoms with Crippen LogP contribution in [0.15, 0.2) is 24.4 Å². The number of aromatic nitrogens is 2. The van der Waals surface area contributed by atoms with E-state index in [1.54, 1.807) is 6.20 Å². The fraction of sp³-hybridized carbons (Fsp3) is 0.167. The van der Waals surface area contributed by atoms with Crippen molar-refractivity contribution in [3.8, 4) is 0 Å². The van der Waals surface area contributed by atoms with Gasteiger partial charge in [0.05, 0.1) is 11.1 Å². The zero-order valence-electron chi connectivity index (χ0n) is 10.5. The van der Waals surface area contributed by atoms with Gasteiger partial charge in [-0.3, -0.25) is 20.0 Å². The largest absolute Gasteiger partial charge is 0.306 e. The number of hydrogen-bond donors (Lipinski definition) is 2. The molecule has 8 heteroatoms. The topological polar surface area (TPSA) is 101 Å². The van der Waals surface area contributed by atoms with Crippen molar-refractivity contribution in [2.45, 2.75) is 13.3 Å². The second-order valence-electron chi connectivity index (χ2n) is 4.00. The van der Waals surface area contributed by atoms with Crippen molar-refractivity contribution in [3.05, 3.63) is 50.7 Å². The maximum atomic E-state index is 12.1. The number of aryl methyl sites for hydroxylation is 1. The Morgan fingerprint density at radius 3 is 2.95 bits per heavy atom. The van der Waals surface area contributed by atoms with Crippen LogP contribution >= 0.6 is 11.6 Å². The van der Waals surface area contributed by atoms with Crippen molar-refractivity contribution in [3.63, 3.8) is 0 Å². The molecule has 1 aromatic heterocycles. The molecule has 0 aliphatic rings. The monoisotopic (exact) mass is 294 g/mol. The third kappa shape index (κ3) is 2.77. The highest BCUT2D eigenvalue weighted by Crippen LogP contribution is 2.24. The maximum Gasteiger partial charge on any atom is 0.283 e. The van der Waals surface area contributed by atoms with Gasteiger partial charge in [-0.05, 0) is 18.6 Å². The number of nitro groups is 1. The van der Waals surface area contributed by atoms with Crippen LogP contribution in [-0.4, -0.2) is 21.0 Å². The predicted molar refractivity (Wildman–Crippen MR) is 74.0 cm³/mol. The Morgan fingerprint density at radius 1 is 1.55 bits per heavy atom. The summed E-state index contributed by atoms with van der Waals surface area (Å²) in [6, 6.07) is 3.89. The molecular weight excluding hydrogens is 284 g/mol. The average Bonchev–Trinajstić information content (AvgIpc) is 2.85. The number of hydrogen-bond acceptors (Lipinski definition) is 4. The summed E-state index contributed by atoms with van der Waals surface area (Å²) in [5, 5.41) is 20.2. The molecule has 0 bridgehead atoms.